The number of carbonyl (C=O) groups is 2. The minimum atomic E-state index is -0.623. The van der Waals surface area contributed by atoms with Crippen molar-refractivity contribution in [2.75, 3.05) is 5.32 Å². The van der Waals surface area contributed by atoms with E-state index in [-0.39, 0.29) is 24.0 Å². The molecule has 0 radical (unpaired) electrons. The van der Waals surface area contributed by atoms with E-state index in [1.807, 2.05) is 12.1 Å². The number of hydrogen-bond acceptors (Lipinski definition) is 4. The Morgan fingerprint density at radius 2 is 2.09 bits per heavy atom. The third-order valence-corrected chi connectivity index (χ3v) is 4.19. The van der Waals surface area contributed by atoms with E-state index < -0.39 is 5.91 Å². The van der Waals surface area contributed by atoms with E-state index in [2.05, 4.69) is 5.32 Å². The van der Waals surface area contributed by atoms with E-state index in [1.165, 1.54) is 11.6 Å². The van der Waals surface area contributed by atoms with Crippen LogP contribution in [0.5, 0.6) is 0 Å². The molecule has 0 unspecified atom stereocenters. The van der Waals surface area contributed by atoms with Gasteiger partial charge in [0.25, 0.3) is 5.91 Å². The summed E-state index contributed by atoms with van der Waals surface area (Å²) in [4.78, 5) is 23.5. The number of anilines is 1. The fourth-order valence-electron chi connectivity index (χ4n) is 3.10. The van der Waals surface area contributed by atoms with Gasteiger partial charge in [-0.3, -0.25) is 14.8 Å². The van der Waals surface area contributed by atoms with Gasteiger partial charge in [-0.2, -0.15) is 0 Å². The van der Waals surface area contributed by atoms with Crippen molar-refractivity contribution in [1.29, 1.82) is 0 Å². The van der Waals surface area contributed by atoms with Gasteiger partial charge in [0.05, 0.1) is 18.1 Å². The summed E-state index contributed by atoms with van der Waals surface area (Å²) in [5.41, 5.74) is 2.86. The molecule has 3 atom stereocenters. The SMILES string of the molecule is O=C(/C=C/c1ccccc1NC(=O)[C@@H]1C[C@H]2CC[C@@H]1O2)NO. The third-order valence-electron chi connectivity index (χ3n) is 4.19. The van der Waals surface area contributed by atoms with Crippen LogP contribution in [0.3, 0.4) is 0 Å². The first-order chi connectivity index (χ1) is 10.7. The second-order valence-corrected chi connectivity index (χ2v) is 5.60. The molecule has 116 valence electrons. The summed E-state index contributed by atoms with van der Waals surface area (Å²) in [6, 6.07) is 7.19. The van der Waals surface area contributed by atoms with E-state index in [9.17, 15) is 9.59 Å². The van der Waals surface area contributed by atoms with Crippen LogP contribution < -0.4 is 10.8 Å². The molecule has 0 spiro atoms. The maximum atomic E-state index is 12.4. The standard InChI is InChI=1S/C16H18N2O4/c19-15(18-21)8-5-10-3-1-2-4-13(10)17-16(20)12-9-11-6-7-14(12)22-11/h1-5,8,11-12,14,21H,6-7,9H2,(H,17,20)(H,18,19)/b8-5+/t11-,12-,14+/m1/s1. The molecule has 2 heterocycles. The van der Waals surface area contributed by atoms with E-state index in [4.69, 9.17) is 9.94 Å². The number of hydroxylamine groups is 1. The number of fused-ring (bicyclic) bond motifs is 2. The Labute approximate surface area is 128 Å². The van der Waals surface area contributed by atoms with Gasteiger partial charge in [0.2, 0.25) is 5.91 Å². The van der Waals surface area contributed by atoms with Crippen molar-refractivity contribution in [2.24, 2.45) is 5.92 Å². The van der Waals surface area contributed by atoms with Crippen LogP contribution in [0.25, 0.3) is 6.08 Å². The molecule has 1 aromatic carbocycles. The largest absolute Gasteiger partial charge is 0.374 e. The minimum absolute atomic E-state index is 0.0351. The molecule has 22 heavy (non-hydrogen) atoms. The quantitative estimate of drug-likeness (QED) is 0.449. The van der Waals surface area contributed by atoms with Crippen molar-refractivity contribution < 1.29 is 19.5 Å². The van der Waals surface area contributed by atoms with Crippen LogP contribution in [0.2, 0.25) is 0 Å². The molecular weight excluding hydrogens is 284 g/mol. The van der Waals surface area contributed by atoms with Gasteiger partial charge < -0.3 is 10.1 Å². The molecule has 2 saturated heterocycles. The van der Waals surface area contributed by atoms with E-state index in [0.717, 1.165) is 19.3 Å². The molecule has 2 aliphatic heterocycles. The van der Waals surface area contributed by atoms with Gasteiger partial charge >= 0.3 is 0 Å². The van der Waals surface area contributed by atoms with Crippen LogP contribution in [-0.4, -0.2) is 29.2 Å². The van der Waals surface area contributed by atoms with Crippen molar-refractivity contribution in [3.8, 4) is 0 Å². The molecule has 3 N–H and O–H groups in total. The lowest BCUT2D eigenvalue weighted by molar-refractivity contribution is -0.124. The van der Waals surface area contributed by atoms with E-state index in [0.29, 0.717) is 11.3 Å². The lowest BCUT2D eigenvalue weighted by Crippen LogP contribution is -2.30. The lowest BCUT2D eigenvalue weighted by Gasteiger charge is -2.18. The van der Waals surface area contributed by atoms with Gasteiger partial charge in [-0.1, -0.05) is 18.2 Å². The van der Waals surface area contributed by atoms with Crippen LogP contribution in [0.4, 0.5) is 5.69 Å². The van der Waals surface area contributed by atoms with Gasteiger partial charge in [-0.15, -0.1) is 0 Å². The smallest absolute Gasteiger partial charge is 0.267 e. The van der Waals surface area contributed by atoms with Crippen molar-refractivity contribution in [3.05, 3.63) is 35.9 Å². The Bertz CT molecular complexity index is 614. The Hall–Kier alpha value is -2.18. The number of amides is 2. The Morgan fingerprint density at radius 3 is 2.77 bits per heavy atom. The van der Waals surface area contributed by atoms with Crippen molar-refractivity contribution in [2.45, 2.75) is 31.5 Å². The summed E-state index contributed by atoms with van der Waals surface area (Å²) in [5, 5.41) is 11.4. The van der Waals surface area contributed by atoms with Crippen LogP contribution in [0.1, 0.15) is 24.8 Å². The fourth-order valence-corrected chi connectivity index (χ4v) is 3.10. The van der Waals surface area contributed by atoms with Gasteiger partial charge in [0.15, 0.2) is 0 Å². The predicted octanol–water partition coefficient (Wildman–Crippen LogP) is 1.71. The molecule has 2 bridgehead atoms. The van der Waals surface area contributed by atoms with E-state index >= 15 is 0 Å². The minimum Gasteiger partial charge on any atom is -0.374 e. The number of ether oxygens (including phenoxy) is 1. The lowest BCUT2D eigenvalue weighted by atomic mass is 9.88. The number of rotatable bonds is 4. The average Bonchev–Trinajstić information content (AvgIpc) is 3.16. The highest BCUT2D eigenvalue weighted by atomic mass is 16.5. The second kappa shape index (κ2) is 6.29. The van der Waals surface area contributed by atoms with Gasteiger partial charge in [-0.25, -0.2) is 5.48 Å². The summed E-state index contributed by atoms with van der Waals surface area (Å²) in [5.74, 6) is -0.765. The summed E-state index contributed by atoms with van der Waals surface area (Å²) < 4.78 is 5.71. The topological polar surface area (TPSA) is 87.7 Å². The summed E-state index contributed by atoms with van der Waals surface area (Å²) in [6.07, 6.45) is 5.77. The molecular formula is C16H18N2O4. The molecule has 0 aliphatic carbocycles. The van der Waals surface area contributed by atoms with Crippen molar-refractivity contribution in [3.63, 3.8) is 0 Å². The zero-order chi connectivity index (χ0) is 15.5. The van der Waals surface area contributed by atoms with Crippen LogP contribution in [-0.2, 0) is 14.3 Å². The van der Waals surface area contributed by atoms with Gasteiger partial charge in [0.1, 0.15) is 0 Å². The molecule has 2 amide bonds. The summed E-state index contributed by atoms with van der Waals surface area (Å²) >= 11 is 0. The highest BCUT2D eigenvalue weighted by Crippen LogP contribution is 2.39. The number of benzene rings is 1. The zero-order valence-electron chi connectivity index (χ0n) is 12.0. The fraction of sp³-hybridized carbons (Fsp3) is 0.375. The third kappa shape index (κ3) is 3.03. The van der Waals surface area contributed by atoms with Crippen LogP contribution in [0, 0.1) is 5.92 Å². The predicted molar refractivity (Wildman–Crippen MR) is 80.0 cm³/mol. The Morgan fingerprint density at radius 1 is 1.27 bits per heavy atom. The maximum Gasteiger partial charge on any atom is 0.267 e. The number of nitrogens with one attached hydrogen (secondary N) is 2. The van der Waals surface area contributed by atoms with Gasteiger partial charge in [0, 0.05) is 11.8 Å². The normalized spacial score (nSPS) is 26.3. The molecule has 1 aromatic rings. The molecule has 6 nitrogen and oxygen atoms in total. The molecule has 2 fully saturated rings. The van der Waals surface area contributed by atoms with Crippen LogP contribution in [0.15, 0.2) is 30.3 Å². The van der Waals surface area contributed by atoms with Gasteiger partial charge in [-0.05, 0) is 37.0 Å². The maximum absolute atomic E-state index is 12.4. The van der Waals surface area contributed by atoms with Crippen molar-refractivity contribution in [1.82, 2.24) is 5.48 Å². The highest BCUT2D eigenvalue weighted by molar-refractivity contribution is 5.97. The first-order valence-corrected chi connectivity index (χ1v) is 7.35. The number of hydrogen-bond donors (Lipinski definition) is 3. The average molecular weight is 302 g/mol. The monoisotopic (exact) mass is 302 g/mol. The zero-order valence-corrected chi connectivity index (χ0v) is 12.0. The van der Waals surface area contributed by atoms with Crippen molar-refractivity contribution >= 4 is 23.6 Å². The first-order valence-electron chi connectivity index (χ1n) is 7.35. The molecule has 0 saturated carbocycles. The van der Waals surface area contributed by atoms with Crippen LogP contribution >= 0.6 is 0 Å². The molecule has 3 rings (SSSR count). The highest BCUT2D eigenvalue weighted by Gasteiger charge is 2.44. The Kier molecular flexibility index (Phi) is 4.22. The summed E-state index contributed by atoms with van der Waals surface area (Å²) in [7, 11) is 0. The molecule has 2 aliphatic rings. The molecule has 0 aromatic heterocycles. The van der Waals surface area contributed by atoms with E-state index in [1.54, 1.807) is 18.2 Å². The first kappa shape index (κ1) is 14.7. The number of carbonyl (C=O) groups excluding carboxylic acids is 2. The molecule has 6 heteroatoms. The second-order valence-electron chi connectivity index (χ2n) is 5.60. The Balaban J connectivity index is 1.71. The summed E-state index contributed by atoms with van der Waals surface area (Å²) in [6.45, 7) is 0. The number of para-hydroxylation sites is 1.